The zero-order valence-corrected chi connectivity index (χ0v) is 21.8. The minimum absolute atomic E-state index is 0.256. The second-order valence-electron chi connectivity index (χ2n) is 9.12. The first kappa shape index (κ1) is 27.6. The van der Waals surface area contributed by atoms with Crippen LogP contribution in [-0.4, -0.2) is 49.6 Å². The molecule has 2 heterocycles. The van der Waals surface area contributed by atoms with Gasteiger partial charge < -0.3 is 10.4 Å². The Balaban J connectivity index is 2.01. The molecule has 0 radical (unpaired) electrons. The van der Waals surface area contributed by atoms with Crippen molar-refractivity contribution in [1.29, 1.82) is 0 Å². The molecule has 0 bridgehead atoms. The first-order valence-corrected chi connectivity index (χ1v) is 13.8. The summed E-state index contributed by atoms with van der Waals surface area (Å²) < 4.78 is 15.0. The largest absolute Gasteiger partial charge is 0.480 e. The topological polar surface area (TPSA) is 96.6 Å². The molecule has 1 fully saturated rings. The highest BCUT2D eigenvalue weighted by atomic mass is 32.2. The minimum atomic E-state index is -1.06. The number of carboxylic acid groups (broad SMARTS) is 1. The zero-order chi connectivity index (χ0) is 26.1. The van der Waals surface area contributed by atoms with Crippen LogP contribution in [0.5, 0.6) is 0 Å². The van der Waals surface area contributed by atoms with Crippen LogP contribution in [0.15, 0.2) is 48.6 Å². The Labute approximate surface area is 216 Å². The summed E-state index contributed by atoms with van der Waals surface area (Å²) in [6.45, 7) is 5.20. The number of amides is 1. The van der Waals surface area contributed by atoms with E-state index in [-0.39, 0.29) is 11.5 Å². The molecule has 3 rings (SSSR count). The molecule has 0 aromatic carbocycles. The van der Waals surface area contributed by atoms with E-state index in [4.69, 9.17) is 0 Å². The SMILES string of the molecule is C=C(F)/C=C\C(=C/C)Cc1cnc2c(C(=O)N[C@@H](CCSC)C(=O)O)cnn2c1C1CCCCCC1. The van der Waals surface area contributed by atoms with Crippen molar-refractivity contribution in [3.8, 4) is 0 Å². The van der Waals surface area contributed by atoms with E-state index in [1.54, 1.807) is 16.8 Å². The molecule has 1 aliphatic rings. The predicted octanol–water partition coefficient (Wildman–Crippen LogP) is 5.63. The van der Waals surface area contributed by atoms with E-state index in [9.17, 15) is 19.1 Å². The Bertz CT molecular complexity index is 1150. The van der Waals surface area contributed by atoms with Gasteiger partial charge in [0.25, 0.3) is 5.91 Å². The van der Waals surface area contributed by atoms with E-state index >= 15 is 0 Å². The lowest BCUT2D eigenvalue weighted by molar-refractivity contribution is -0.139. The van der Waals surface area contributed by atoms with Gasteiger partial charge >= 0.3 is 5.97 Å². The van der Waals surface area contributed by atoms with Crippen molar-refractivity contribution in [1.82, 2.24) is 19.9 Å². The summed E-state index contributed by atoms with van der Waals surface area (Å²) in [7, 11) is 0. The highest BCUT2D eigenvalue weighted by molar-refractivity contribution is 7.98. The summed E-state index contributed by atoms with van der Waals surface area (Å²) in [6.07, 6.45) is 17.7. The van der Waals surface area contributed by atoms with Gasteiger partial charge in [-0.2, -0.15) is 16.9 Å². The number of halogens is 1. The van der Waals surface area contributed by atoms with Crippen molar-refractivity contribution in [3.05, 3.63) is 65.4 Å². The highest BCUT2D eigenvalue weighted by Gasteiger charge is 2.26. The molecule has 7 nitrogen and oxygen atoms in total. The van der Waals surface area contributed by atoms with E-state index < -0.39 is 23.7 Å². The fraction of sp³-hybridized carbons (Fsp3) is 0.481. The standard InChI is InChI=1S/C27H35FN4O3S/c1-4-19(12-11-18(2)28)15-21-16-29-25-22(26(33)31-23(27(34)35)13-14-36-3)17-30-32(25)24(21)20-9-7-5-6-8-10-20/h4,11-12,16-17,20,23H,2,5-10,13-15H2,1,3H3,(H,31,33)(H,34,35)/b12-11-,19-4+/t23-/m0/s1. The number of nitrogens with one attached hydrogen (secondary N) is 1. The average Bonchev–Trinajstić information content (AvgIpc) is 3.10. The molecule has 1 aliphatic carbocycles. The van der Waals surface area contributed by atoms with Crippen LogP contribution in [0.25, 0.3) is 5.65 Å². The van der Waals surface area contributed by atoms with Crippen LogP contribution in [0.3, 0.4) is 0 Å². The van der Waals surface area contributed by atoms with E-state index in [1.807, 2.05) is 19.3 Å². The monoisotopic (exact) mass is 514 g/mol. The van der Waals surface area contributed by atoms with E-state index in [0.29, 0.717) is 24.2 Å². The molecular formula is C27H35FN4O3S. The summed E-state index contributed by atoms with van der Waals surface area (Å²) in [6, 6.07) is -0.977. The van der Waals surface area contributed by atoms with Crippen molar-refractivity contribution in [2.24, 2.45) is 0 Å². The quantitative estimate of drug-likeness (QED) is 0.298. The number of allylic oxidation sites excluding steroid dienone is 5. The van der Waals surface area contributed by atoms with Crippen LogP contribution in [0.2, 0.25) is 0 Å². The van der Waals surface area contributed by atoms with E-state index in [2.05, 4.69) is 22.0 Å². The van der Waals surface area contributed by atoms with E-state index in [0.717, 1.165) is 42.5 Å². The van der Waals surface area contributed by atoms with Crippen LogP contribution in [0.4, 0.5) is 4.39 Å². The van der Waals surface area contributed by atoms with Gasteiger partial charge in [-0.15, -0.1) is 0 Å². The molecule has 1 atom stereocenters. The number of thioether (sulfide) groups is 1. The summed E-state index contributed by atoms with van der Waals surface area (Å²) in [4.78, 5) is 29.3. The van der Waals surface area contributed by atoms with Gasteiger partial charge in [-0.05, 0) is 55.4 Å². The van der Waals surface area contributed by atoms with Gasteiger partial charge in [0.15, 0.2) is 5.65 Å². The number of rotatable bonds is 11. The lowest BCUT2D eigenvalue weighted by Crippen LogP contribution is -2.41. The predicted molar refractivity (Wildman–Crippen MR) is 142 cm³/mol. The molecule has 1 amide bonds. The molecule has 0 spiro atoms. The second kappa shape index (κ2) is 13.4. The Morgan fingerprint density at radius 2 is 2.00 bits per heavy atom. The number of carboxylic acids is 1. The number of hydrogen-bond acceptors (Lipinski definition) is 5. The Morgan fingerprint density at radius 1 is 1.28 bits per heavy atom. The van der Waals surface area contributed by atoms with Crippen LogP contribution in [0.1, 0.15) is 79.4 Å². The summed E-state index contributed by atoms with van der Waals surface area (Å²) >= 11 is 1.53. The van der Waals surface area contributed by atoms with Gasteiger partial charge in [-0.3, -0.25) is 4.79 Å². The third-order valence-corrected chi connectivity index (χ3v) is 7.23. The maximum absolute atomic E-state index is 13.2. The molecule has 2 N–H and O–H groups in total. The fourth-order valence-corrected chi connectivity index (χ4v) is 5.14. The smallest absolute Gasteiger partial charge is 0.326 e. The zero-order valence-electron chi connectivity index (χ0n) is 21.0. The Hall–Kier alpha value is -2.94. The molecule has 1 saturated carbocycles. The van der Waals surface area contributed by atoms with E-state index in [1.165, 1.54) is 36.9 Å². The summed E-state index contributed by atoms with van der Waals surface area (Å²) in [5.74, 6) is -1.19. The third-order valence-electron chi connectivity index (χ3n) is 6.59. The molecule has 2 aromatic heterocycles. The molecule has 0 saturated heterocycles. The molecule has 2 aromatic rings. The fourth-order valence-electron chi connectivity index (χ4n) is 4.67. The third kappa shape index (κ3) is 7.06. The number of carbonyl (C=O) groups excluding carboxylic acids is 1. The van der Waals surface area contributed by atoms with Crippen molar-refractivity contribution < 1.29 is 19.1 Å². The second-order valence-corrected chi connectivity index (χ2v) is 10.1. The summed E-state index contributed by atoms with van der Waals surface area (Å²) in [5, 5.41) is 16.7. The Kier molecular flexibility index (Phi) is 10.3. The van der Waals surface area contributed by atoms with Gasteiger partial charge in [0.05, 0.1) is 11.9 Å². The first-order valence-electron chi connectivity index (χ1n) is 12.4. The molecule has 0 aliphatic heterocycles. The summed E-state index contributed by atoms with van der Waals surface area (Å²) in [5.41, 5.74) is 3.60. The van der Waals surface area contributed by atoms with Gasteiger partial charge in [-0.25, -0.2) is 18.7 Å². The molecule has 9 heteroatoms. The number of nitrogens with zero attached hydrogens (tertiary/aromatic N) is 3. The molecular weight excluding hydrogens is 479 g/mol. The van der Waals surface area contributed by atoms with Gasteiger partial charge in [0.1, 0.15) is 17.4 Å². The maximum atomic E-state index is 13.2. The number of carbonyl (C=O) groups is 2. The lowest BCUT2D eigenvalue weighted by Gasteiger charge is -2.20. The van der Waals surface area contributed by atoms with Crippen molar-refractivity contribution in [2.75, 3.05) is 12.0 Å². The number of hydrogen-bond donors (Lipinski definition) is 2. The molecule has 0 unspecified atom stereocenters. The maximum Gasteiger partial charge on any atom is 0.326 e. The van der Waals surface area contributed by atoms with Crippen LogP contribution >= 0.6 is 11.8 Å². The highest BCUT2D eigenvalue weighted by Crippen LogP contribution is 2.34. The van der Waals surface area contributed by atoms with Crippen molar-refractivity contribution in [2.45, 2.75) is 70.3 Å². The molecule has 36 heavy (non-hydrogen) atoms. The lowest BCUT2D eigenvalue weighted by atomic mass is 9.91. The number of aliphatic carboxylic acids is 1. The van der Waals surface area contributed by atoms with Crippen LogP contribution < -0.4 is 5.32 Å². The number of aromatic nitrogens is 3. The van der Waals surface area contributed by atoms with Crippen LogP contribution in [-0.2, 0) is 11.2 Å². The first-order chi connectivity index (χ1) is 17.3. The van der Waals surface area contributed by atoms with Crippen LogP contribution in [0, 0.1) is 0 Å². The average molecular weight is 515 g/mol. The minimum Gasteiger partial charge on any atom is -0.480 e. The van der Waals surface area contributed by atoms with Gasteiger partial charge in [-0.1, -0.05) is 44.4 Å². The normalized spacial score (nSPS) is 16.2. The van der Waals surface area contributed by atoms with Crippen molar-refractivity contribution in [3.63, 3.8) is 0 Å². The Morgan fingerprint density at radius 3 is 2.61 bits per heavy atom. The van der Waals surface area contributed by atoms with Gasteiger partial charge in [0.2, 0.25) is 0 Å². The molecule has 194 valence electrons. The van der Waals surface area contributed by atoms with Crippen molar-refractivity contribution >= 4 is 29.3 Å². The van der Waals surface area contributed by atoms with Gasteiger partial charge in [0, 0.05) is 18.5 Å². The number of fused-ring (bicyclic) bond motifs is 1.